The van der Waals surface area contributed by atoms with Gasteiger partial charge in [0.1, 0.15) is 18.2 Å². The number of hydrogen-bond donors (Lipinski definition) is 2. The van der Waals surface area contributed by atoms with Crippen molar-refractivity contribution in [3.8, 4) is 17.2 Å². The molecular formula is C18H15N3O7. The largest absolute Gasteiger partial charge is 0.478 e. The average Bonchev–Trinajstić information content (AvgIpc) is 2.64. The fraction of sp³-hybridized carbons (Fsp3) is 0.222. The fourth-order valence-electron chi connectivity index (χ4n) is 2.57. The monoisotopic (exact) mass is 385 g/mol. The number of carboxylic acids is 1. The molecule has 10 heteroatoms. The van der Waals surface area contributed by atoms with E-state index in [1.807, 2.05) is 0 Å². The summed E-state index contributed by atoms with van der Waals surface area (Å²) in [5.74, 6) is -2.51. The number of aliphatic hydroxyl groups excluding tert-OH is 1. The number of aromatic nitrogens is 1. The van der Waals surface area contributed by atoms with Crippen LogP contribution in [0.1, 0.15) is 39.0 Å². The summed E-state index contributed by atoms with van der Waals surface area (Å²) in [6.45, 7) is 2.42. The van der Waals surface area contributed by atoms with Gasteiger partial charge in [-0.05, 0) is 19.4 Å². The van der Waals surface area contributed by atoms with E-state index in [0.29, 0.717) is 0 Å². The molecule has 0 fully saturated rings. The van der Waals surface area contributed by atoms with Crippen molar-refractivity contribution in [2.75, 3.05) is 6.61 Å². The maximum Gasteiger partial charge on any atom is 0.340 e. The summed E-state index contributed by atoms with van der Waals surface area (Å²) in [5.41, 5.74) is -1.76. The minimum atomic E-state index is -1.53. The Bertz CT molecular complexity index is 1010. The van der Waals surface area contributed by atoms with Crippen molar-refractivity contribution in [3.63, 3.8) is 0 Å². The van der Waals surface area contributed by atoms with Crippen molar-refractivity contribution in [3.05, 3.63) is 56.9 Å². The normalized spacial score (nSPS) is 11.4. The van der Waals surface area contributed by atoms with Gasteiger partial charge in [0.2, 0.25) is 0 Å². The maximum absolute atomic E-state index is 12.6. The van der Waals surface area contributed by atoms with E-state index in [1.54, 1.807) is 6.07 Å². The average molecular weight is 385 g/mol. The molecule has 0 saturated heterocycles. The van der Waals surface area contributed by atoms with Gasteiger partial charge in [0.25, 0.3) is 5.69 Å². The first-order chi connectivity index (χ1) is 13.2. The quantitative estimate of drug-likeness (QED) is 0.430. The molecule has 1 heterocycles. The summed E-state index contributed by atoms with van der Waals surface area (Å²) < 4.78 is 4.98. The first-order valence-corrected chi connectivity index (χ1v) is 7.95. The van der Waals surface area contributed by atoms with E-state index >= 15 is 0 Å². The van der Waals surface area contributed by atoms with Gasteiger partial charge < -0.3 is 14.9 Å². The number of nitrogens with zero attached hydrogens (tertiary/aromatic N) is 3. The zero-order chi connectivity index (χ0) is 21.0. The number of nitro groups is 1. The molecule has 144 valence electrons. The lowest BCUT2D eigenvalue weighted by Gasteiger charge is -2.16. The number of carbonyl (C=O) groups excluding carboxylic acids is 1. The van der Waals surface area contributed by atoms with Gasteiger partial charge >= 0.3 is 11.9 Å². The maximum atomic E-state index is 12.6. The minimum absolute atomic E-state index is 0.0126. The third-order valence-corrected chi connectivity index (χ3v) is 3.70. The van der Waals surface area contributed by atoms with E-state index in [1.165, 1.54) is 32.0 Å². The van der Waals surface area contributed by atoms with Gasteiger partial charge in [-0.25, -0.2) is 14.6 Å². The van der Waals surface area contributed by atoms with E-state index in [9.17, 15) is 35.2 Å². The highest BCUT2D eigenvalue weighted by molar-refractivity contribution is 6.07. The second kappa shape index (κ2) is 8.24. The number of non-ortho nitro benzene ring substituents is 1. The van der Waals surface area contributed by atoms with Crippen LogP contribution in [0, 0.1) is 28.4 Å². The predicted octanol–water partition coefficient (Wildman–Crippen LogP) is 2.07. The number of ether oxygens (including phenoxy) is 1. The summed E-state index contributed by atoms with van der Waals surface area (Å²) in [6, 6.07) is 6.66. The van der Waals surface area contributed by atoms with E-state index in [4.69, 9.17) is 4.74 Å². The highest BCUT2D eigenvalue weighted by Crippen LogP contribution is 2.33. The van der Waals surface area contributed by atoms with E-state index < -0.39 is 34.2 Å². The van der Waals surface area contributed by atoms with Crippen LogP contribution in [0.15, 0.2) is 24.3 Å². The summed E-state index contributed by atoms with van der Waals surface area (Å²) in [4.78, 5) is 38.7. The number of benzene rings is 1. The second-order valence-corrected chi connectivity index (χ2v) is 5.84. The molecule has 10 nitrogen and oxygen atoms in total. The van der Waals surface area contributed by atoms with Crippen LogP contribution in [0.25, 0.3) is 11.1 Å². The molecule has 1 aromatic carbocycles. The van der Waals surface area contributed by atoms with Gasteiger partial charge in [-0.1, -0.05) is 12.1 Å². The molecule has 0 saturated carbocycles. The van der Waals surface area contributed by atoms with Crippen molar-refractivity contribution >= 4 is 17.6 Å². The summed E-state index contributed by atoms with van der Waals surface area (Å²) in [6.07, 6.45) is -0.962. The molecular weight excluding hydrogens is 370 g/mol. The molecule has 1 atom stereocenters. The number of aryl methyl sites for hydroxylation is 1. The Balaban J connectivity index is 2.86. The molecule has 0 radical (unpaired) electrons. The Morgan fingerprint density at radius 2 is 2.07 bits per heavy atom. The third kappa shape index (κ3) is 4.11. The van der Waals surface area contributed by atoms with Crippen molar-refractivity contribution in [1.29, 1.82) is 5.26 Å². The summed E-state index contributed by atoms with van der Waals surface area (Å²) in [7, 11) is 0. The molecule has 2 aromatic rings. The number of nitriles is 1. The van der Waals surface area contributed by atoms with Gasteiger partial charge in [-0.3, -0.25) is 10.1 Å². The fourth-order valence-corrected chi connectivity index (χ4v) is 2.57. The number of rotatable bonds is 6. The Morgan fingerprint density at radius 3 is 2.61 bits per heavy atom. The van der Waals surface area contributed by atoms with Crippen LogP contribution in [0.5, 0.6) is 0 Å². The molecule has 0 aliphatic rings. The number of aromatic carboxylic acids is 1. The molecule has 2 rings (SSSR count). The van der Waals surface area contributed by atoms with Crippen molar-refractivity contribution < 1.29 is 29.5 Å². The van der Waals surface area contributed by atoms with Gasteiger partial charge in [0.05, 0.1) is 22.3 Å². The lowest BCUT2D eigenvalue weighted by atomic mass is 9.92. The van der Waals surface area contributed by atoms with Crippen LogP contribution < -0.4 is 0 Å². The van der Waals surface area contributed by atoms with Gasteiger partial charge in [-0.2, -0.15) is 5.26 Å². The molecule has 0 aliphatic heterocycles. The Labute approximate surface area is 158 Å². The van der Waals surface area contributed by atoms with Crippen LogP contribution in [-0.2, 0) is 4.74 Å². The Hall–Kier alpha value is -3.84. The number of aliphatic hydroxyl groups is 1. The molecule has 1 aromatic heterocycles. The van der Waals surface area contributed by atoms with Crippen LogP contribution >= 0.6 is 0 Å². The van der Waals surface area contributed by atoms with Crippen molar-refractivity contribution in [2.24, 2.45) is 0 Å². The summed E-state index contributed by atoms with van der Waals surface area (Å²) >= 11 is 0. The zero-order valence-corrected chi connectivity index (χ0v) is 14.9. The molecule has 0 spiro atoms. The van der Waals surface area contributed by atoms with E-state index in [0.717, 1.165) is 6.07 Å². The van der Waals surface area contributed by atoms with Crippen LogP contribution in [0.4, 0.5) is 5.69 Å². The van der Waals surface area contributed by atoms with Crippen molar-refractivity contribution in [2.45, 2.75) is 20.0 Å². The zero-order valence-electron chi connectivity index (χ0n) is 14.9. The van der Waals surface area contributed by atoms with E-state index in [2.05, 4.69) is 4.98 Å². The SMILES string of the molecule is Cc1nc(C#N)c(C(=O)O)c(-c2cccc([N+](=O)[O-])c2)c1C(=O)OCC(C)O. The topological polar surface area (TPSA) is 164 Å². The van der Waals surface area contributed by atoms with Gasteiger partial charge in [-0.15, -0.1) is 0 Å². The second-order valence-electron chi connectivity index (χ2n) is 5.84. The molecule has 1 unspecified atom stereocenters. The molecule has 0 bridgehead atoms. The molecule has 0 amide bonds. The lowest BCUT2D eigenvalue weighted by molar-refractivity contribution is -0.384. The lowest BCUT2D eigenvalue weighted by Crippen LogP contribution is -2.19. The number of nitro benzene ring substituents is 1. The van der Waals surface area contributed by atoms with Crippen molar-refractivity contribution in [1.82, 2.24) is 4.98 Å². The third-order valence-electron chi connectivity index (χ3n) is 3.70. The Kier molecular flexibility index (Phi) is 6.02. The summed E-state index contributed by atoms with van der Waals surface area (Å²) in [5, 5.41) is 39.3. The standard InChI is InChI=1S/C18H15N3O7/c1-9(22)8-28-18(25)14-10(2)20-13(7-19)16(17(23)24)15(14)11-4-3-5-12(6-11)21(26)27/h3-6,9,22H,8H2,1-2H3,(H,23,24). The molecule has 0 aliphatic carbocycles. The highest BCUT2D eigenvalue weighted by Gasteiger charge is 2.29. The number of hydrogen-bond acceptors (Lipinski definition) is 8. The van der Waals surface area contributed by atoms with Gasteiger partial charge in [0.15, 0.2) is 5.69 Å². The number of esters is 1. The van der Waals surface area contributed by atoms with Crippen LogP contribution in [0.3, 0.4) is 0 Å². The van der Waals surface area contributed by atoms with Gasteiger partial charge in [0, 0.05) is 17.7 Å². The molecule has 2 N–H and O–H groups in total. The smallest absolute Gasteiger partial charge is 0.340 e. The number of carboxylic acid groups (broad SMARTS) is 1. The highest BCUT2D eigenvalue weighted by atomic mass is 16.6. The number of pyridine rings is 1. The predicted molar refractivity (Wildman–Crippen MR) is 94.7 cm³/mol. The van der Waals surface area contributed by atoms with Crippen LogP contribution in [0.2, 0.25) is 0 Å². The Morgan fingerprint density at radius 1 is 1.39 bits per heavy atom. The minimum Gasteiger partial charge on any atom is -0.478 e. The van der Waals surface area contributed by atoms with E-state index in [-0.39, 0.29) is 34.7 Å². The van der Waals surface area contributed by atoms with Crippen LogP contribution in [-0.4, -0.2) is 44.8 Å². The number of carbonyl (C=O) groups is 2. The molecule has 28 heavy (non-hydrogen) atoms. The first-order valence-electron chi connectivity index (χ1n) is 7.95. The first kappa shape index (κ1) is 20.5.